The quantitative estimate of drug-likeness (QED) is 0.698. The molecule has 1 unspecified atom stereocenters. The van der Waals surface area contributed by atoms with Crippen LogP contribution in [0.1, 0.15) is 34.1 Å². The summed E-state index contributed by atoms with van der Waals surface area (Å²) in [6.07, 6.45) is 0.505. The third kappa shape index (κ3) is 1.93. The molecule has 0 aromatic heterocycles. The van der Waals surface area contributed by atoms with Crippen molar-refractivity contribution in [3.05, 3.63) is 47.5 Å². The number of carbonyl (C=O) groups excluding carboxylic acids is 2. The minimum atomic E-state index is -0.552. The molecule has 0 bridgehead atoms. The van der Waals surface area contributed by atoms with E-state index in [0.717, 1.165) is 5.39 Å². The van der Waals surface area contributed by atoms with Gasteiger partial charge in [-0.15, -0.1) is 0 Å². The van der Waals surface area contributed by atoms with Crippen LogP contribution in [-0.4, -0.2) is 27.7 Å². The molecule has 1 heterocycles. The molecule has 1 atom stereocenters. The van der Waals surface area contributed by atoms with Crippen molar-refractivity contribution in [1.82, 2.24) is 4.90 Å². The lowest BCUT2D eigenvalue weighted by Gasteiger charge is -2.32. The number of rotatable bonds is 3. The Balaban J connectivity index is 2.26. The van der Waals surface area contributed by atoms with E-state index >= 15 is 0 Å². The minimum absolute atomic E-state index is 0.158. The van der Waals surface area contributed by atoms with Crippen molar-refractivity contribution in [3.63, 3.8) is 0 Å². The highest BCUT2D eigenvalue weighted by molar-refractivity contribution is 7.80. The fraction of sp³-hybridized carbons (Fsp3) is 0.188. The van der Waals surface area contributed by atoms with E-state index in [9.17, 15) is 9.59 Å². The second kappa shape index (κ2) is 4.93. The summed E-state index contributed by atoms with van der Waals surface area (Å²) in [5, 5.41) is 1.60. The average molecular weight is 298 g/mol. The molecular weight excluding hydrogens is 284 g/mol. The fourth-order valence-electron chi connectivity index (χ4n) is 2.84. The first-order valence-electron chi connectivity index (χ1n) is 6.75. The summed E-state index contributed by atoms with van der Waals surface area (Å²) in [5.74, 6) is -0.659. The lowest BCUT2D eigenvalue weighted by Crippen LogP contribution is -2.51. The predicted molar refractivity (Wildman–Crippen MR) is 85.3 cm³/mol. The largest absolute Gasteiger partial charge is 0.392 e. The minimum Gasteiger partial charge on any atom is -0.392 e. The maximum absolute atomic E-state index is 12.7. The molecular formula is C16H14N2O2S. The Hall–Kier alpha value is -2.27. The smallest absolute Gasteiger partial charge is 0.262 e. The van der Waals surface area contributed by atoms with Gasteiger partial charge in [-0.25, -0.2) is 0 Å². The molecule has 0 saturated heterocycles. The number of hydrogen-bond donors (Lipinski definition) is 1. The first kappa shape index (κ1) is 13.7. The van der Waals surface area contributed by atoms with Crippen LogP contribution < -0.4 is 5.73 Å². The van der Waals surface area contributed by atoms with Gasteiger partial charge < -0.3 is 5.73 Å². The van der Waals surface area contributed by atoms with Crippen LogP contribution in [0.4, 0.5) is 0 Å². The first-order chi connectivity index (χ1) is 10.1. The molecule has 2 N–H and O–H groups in total. The Bertz CT molecular complexity index is 734. The van der Waals surface area contributed by atoms with Crippen LogP contribution in [0, 0.1) is 0 Å². The van der Waals surface area contributed by atoms with Gasteiger partial charge in [-0.3, -0.25) is 14.5 Å². The molecule has 21 heavy (non-hydrogen) atoms. The van der Waals surface area contributed by atoms with Gasteiger partial charge in [0.2, 0.25) is 0 Å². The number of carbonyl (C=O) groups is 2. The van der Waals surface area contributed by atoms with Gasteiger partial charge in [-0.2, -0.15) is 0 Å². The lowest BCUT2D eigenvalue weighted by molar-refractivity contribution is 0.0579. The zero-order chi connectivity index (χ0) is 15.1. The van der Waals surface area contributed by atoms with Crippen molar-refractivity contribution in [2.75, 3.05) is 0 Å². The summed E-state index contributed by atoms with van der Waals surface area (Å²) >= 11 is 5.01. The van der Waals surface area contributed by atoms with E-state index in [4.69, 9.17) is 18.0 Å². The van der Waals surface area contributed by atoms with Crippen LogP contribution in [0.25, 0.3) is 10.8 Å². The number of thiocarbonyl (C=S) groups is 1. The molecule has 4 nitrogen and oxygen atoms in total. The Labute approximate surface area is 127 Å². The van der Waals surface area contributed by atoms with Crippen LogP contribution in [0.5, 0.6) is 0 Å². The van der Waals surface area contributed by atoms with Crippen molar-refractivity contribution in [2.45, 2.75) is 19.4 Å². The molecule has 3 rings (SSSR count). The second-order valence-electron chi connectivity index (χ2n) is 5.02. The molecule has 0 aliphatic carbocycles. The molecule has 2 aromatic carbocycles. The highest BCUT2D eigenvalue weighted by Crippen LogP contribution is 2.31. The SMILES string of the molecule is CCC(C(N)=S)N1C(=O)c2cccc3cccc(c23)C1=O. The normalized spacial score (nSPS) is 15.4. The number of imide groups is 1. The Kier molecular flexibility index (Phi) is 3.22. The molecule has 5 heteroatoms. The molecule has 0 saturated carbocycles. The zero-order valence-corrected chi connectivity index (χ0v) is 12.3. The number of benzene rings is 2. The molecule has 0 fully saturated rings. The Morgan fingerprint density at radius 2 is 1.67 bits per heavy atom. The van der Waals surface area contributed by atoms with E-state index < -0.39 is 6.04 Å². The fourth-order valence-corrected chi connectivity index (χ4v) is 3.12. The topological polar surface area (TPSA) is 63.4 Å². The van der Waals surface area contributed by atoms with Crippen molar-refractivity contribution < 1.29 is 9.59 Å². The zero-order valence-electron chi connectivity index (χ0n) is 11.5. The third-order valence-corrected chi connectivity index (χ3v) is 4.10. The number of hydrogen-bond acceptors (Lipinski definition) is 3. The van der Waals surface area contributed by atoms with Crippen molar-refractivity contribution >= 4 is 39.8 Å². The van der Waals surface area contributed by atoms with Gasteiger partial charge in [0.05, 0.1) is 11.0 Å². The molecule has 0 radical (unpaired) electrons. The predicted octanol–water partition coefficient (Wildman–Crippen LogP) is 2.50. The van der Waals surface area contributed by atoms with Gasteiger partial charge in [0.15, 0.2) is 0 Å². The lowest BCUT2D eigenvalue weighted by atomic mass is 9.93. The van der Waals surface area contributed by atoms with E-state index in [2.05, 4.69) is 0 Å². The molecule has 106 valence electrons. The van der Waals surface area contributed by atoms with E-state index in [1.165, 1.54) is 4.90 Å². The molecule has 2 aromatic rings. The van der Waals surface area contributed by atoms with Gasteiger partial charge in [0.25, 0.3) is 11.8 Å². The van der Waals surface area contributed by atoms with Crippen LogP contribution in [0.2, 0.25) is 0 Å². The number of nitrogens with two attached hydrogens (primary N) is 1. The molecule has 1 aliphatic heterocycles. The summed E-state index contributed by atoms with van der Waals surface area (Å²) in [7, 11) is 0. The van der Waals surface area contributed by atoms with Crippen LogP contribution in [-0.2, 0) is 0 Å². The maximum Gasteiger partial charge on any atom is 0.262 e. The molecule has 2 amide bonds. The highest BCUT2D eigenvalue weighted by atomic mass is 32.1. The van der Waals surface area contributed by atoms with Crippen LogP contribution in [0.15, 0.2) is 36.4 Å². The molecule has 1 aliphatic rings. The van der Waals surface area contributed by atoms with E-state index in [-0.39, 0.29) is 16.8 Å². The summed E-state index contributed by atoms with van der Waals surface area (Å²) in [6, 6.07) is 10.3. The van der Waals surface area contributed by atoms with E-state index in [0.29, 0.717) is 22.9 Å². The van der Waals surface area contributed by atoms with Gasteiger partial charge >= 0.3 is 0 Å². The second-order valence-corrected chi connectivity index (χ2v) is 5.49. The number of amides is 2. The summed E-state index contributed by atoms with van der Waals surface area (Å²) in [6.45, 7) is 1.85. The third-order valence-electron chi connectivity index (χ3n) is 3.83. The van der Waals surface area contributed by atoms with E-state index in [1.54, 1.807) is 12.1 Å². The summed E-state index contributed by atoms with van der Waals surface area (Å²) < 4.78 is 0. The van der Waals surface area contributed by atoms with Gasteiger partial charge in [-0.1, -0.05) is 43.4 Å². The van der Waals surface area contributed by atoms with Crippen molar-refractivity contribution in [1.29, 1.82) is 0 Å². The van der Waals surface area contributed by atoms with Crippen LogP contribution in [0.3, 0.4) is 0 Å². The summed E-state index contributed by atoms with van der Waals surface area (Å²) in [5.41, 5.74) is 6.76. The van der Waals surface area contributed by atoms with E-state index in [1.807, 2.05) is 31.2 Å². The Morgan fingerprint density at radius 1 is 1.14 bits per heavy atom. The first-order valence-corrected chi connectivity index (χ1v) is 7.16. The van der Waals surface area contributed by atoms with Crippen molar-refractivity contribution in [3.8, 4) is 0 Å². The summed E-state index contributed by atoms with van der Waals surface area (Å²) in [4.78, 5) is 26.8. The average Bonchev–Trinajstić information content (AvgIpc) is 2.48. The highest BCUT2D eigenvalue weighted by Gasteiger charge is 2.37. The monoisotopic (exact) mass is 298 g/mol. The standard InChI is InChI=1S/C16H14N2O2S/c1-2-12(14(17)21)18-15(19)10-7-3-5-9-6-4-8-11(13(9)10)16(18)20/h3-8,12H,2H2,1H3,(H2,17,21). The Morgan fingerprint density at radius 3 is 2.10 bits per heavy atom. The van der Waals surface area contributed by atoms with Crippen molar-refractivity contribution in [2.24, 2.45) is 5.73 Å². The van der Waals surface area contributed by atoms with Gasteiger partial charge in [0.1, 0.15) is 0 Å². The molecule has 0 spiro atoms. The van der Waals surface area contributed by atoms with Gasteiger partial charge in [0, 0.05) is 16.5 Å². The van der Waals surface area contributed by atoms with Crippen LogP contribution >= 0.6 is 12.2 Å². The van der Waals surface area contributed by atoms with Gasteiger partial charge in [-0.05, 0) is 23.9 Å². The number of nitrogens with zero attached hydrogens (tertiary/aromatic N) is 1. The maximum atomic E-state index is 12.7.